The third-order valence-corrected chi connectivity index (χ3v) is 6.28. The van der Waals surface area contributed by atoms with E-state index in [1.807, 2.05) is 6.07 Å². The summed E-state index contributed by atoms with van der Waals surface area (Å²) in [5, 5.41) is 11.4. The minimum atomic E-state index is -3.65. The topological polar surface area (TPSA) is 102 Å². The average molecular weight is 393 g/mol. The van der Waals surface area contributed by atoms with Gasteiger partial charge >= 0.3 is 0 Å². The molecule has 7 nitrogen and oxygen atoms in total. The van der Waals surface area contributed by atoms with Gasteiger partial charge in [-0.1, -0.05) is 6.42 Å². The zero-order valence-corrected chi connectivity index (χ0v) is 16.6. The summed E-state index contributed by atoms with van der Waals surface area (Å²) >= 11 is 0. The Morgan fingerprint density at radius 1 is 1.26 bits per heavy atom. The van der Waals surface area contributed by atoms with Crippen molar-refractivity contribution in [3.8, 4) is 6.07 Å². The number of piperidine rings is 1. The summed E-state index contributed by atoms with van der Waals surface area (Å²) in [5.74, 6) is -0.205. The number of hydrogen-bond donors (Lipinski definition) is 2. The summed E-state index contributed by atoms with van der Waals surface area (Å²) in [5.41, 5.74) is 0.428. The molecule has 1 aliphatic heterocycles. The number of nitrogens with zero attached hydrogens (tertiary/aromatic N) is 2. The van der Waals surface area contributed by atoms with Gasteiger partial charge in [-0.05, 0) is 57.0 Å². The number of hydrogen-bond acceptors (Lipinski definition) is 5. The predicted octanol–water partition coefficient (Wildman–Crippen LogP) is 1.87. The lowest BCUT2D eigenvalue weighted by atomic mass is 10.0. The maximum atomic E-state index is 12.2. The highest BCUT2D eigenvalue weighted by atomic mass is 32.2. The fourth-order valence-corrected chi connectivity index (χ4v) is 4.22. The number of carbonyl (C=O) groups excluding carboxylic acids is 1. The lowest BCUT2D eigenvalue weighted by Gasteiger charge is -2.33. The van der Waals surface area contributed by atoms with Gasteiger partial charge in [0, 0.05) is 37.7 Å². The van der Waals surface area contributed by atoms with Crippen LogP contribution in [0.4, 0.5) is 0 Å². The van der Waals surface area contributed by atoms with Gasteiger partial charge in [-0.25, -0.2) is 13.1 Å². The van der Waals surface area contributed by atoms with Gasteiger partial charge in [0.15, 0.2) is 0 Å². The number of nitrogens with one attached hydrogen (secondary N) is 2. The molecule has 1 aliphatic rings. The highest BCUT2D eigenvalue weighted by Gasteiger charge is 2.17. The van der Waals surface area contributed by atoms with Crippen LogP contribution in [-0.4, -0.2) is 51.4 Å². The minimum Gasteiger partial charge on any atom is -0.352 e. The van der Waals surface area contributed by atoms with Gasteiger partial charge in [0.25, 0.3) is 5.91 Å². The molecule has 1 fully saturated rings. The fraction of sp³-hybridized carbons (Fsp3) is 0.579. The smallest absolute Gasteiger partial charge is 0.251 e. The first-order chi connectivity index (χ1) is 12.9. The lowest BCUT2D eigenvalue weighted by molar-refractivity contribution is 0.0948. The van der Waals surface area contributed by atoms with Crippen LogP contribution in [0.3, 0.4) is 0 Å². The molecule has 148 valence electrons. The molecule has 0 bridgehead atoms. The van der Waals surface area contributed by atoms with E-state index in [2.05, 4.69) is 21.9 Å². The SMILES string of the molecule is CC1CCCCN1CCCNC(=O)c1ccc(S(=O)(=O)NCCC#N)cc1. The molecule has 8 heteroatoms. The lowest BCUT2D eigenvalue weighted by Crippen LogP contribution is -2.39. The van der Waals surface area contributed by atoms with Crippen molar-refractivity contribution in [2.75, 3.05) is 26.2 Å². The van der Waals surface area contributed by atoms with E-state index in [0.29, 0.717) is 18.2 Å². The van der Waals surface area contributed by atoms with Crippen molar-refractivity contribution in [1.82, 2.24) is 14.9 Å². The quantitative estimate of drug-likeness (QED) is 0.625. The third kappa shape index (κ3) is 6.61. The summed E-state index contributed by atoms with van der Waals surface area (Å²) in [4.78, 5) is 14.8. The Kier molecular flexibility index (Phi) is 8.23. The van der Waals surface area contributed by atoms with E-state index in [9.17, 15) is 13.2 Å². The summed E-state index contributed by atoms with van der Waals surface area (Å²) in [7, 11) is -3.65. The molecule has 1 saturated heterocycles. The number of rotatable bonds is 9. The van der Waals surface area contributed by atoms with Crippen LogP contribution in [0.5, 0.6) is 0 Å². The van der Waals surface area contributed by atoms with Crippen LogP contribution < -0.4 is 10.0 Å². The second-order valence-electron chi connectivity index (χ2n) is 6.82. The van der Waals surface area contributed by atoms with Gasteiger partial charge in [0.05, 0.1) is 11.0 Å². The van der Waals surface area contributed by atoms with Gasteiger partial charge in [-0.15, -0.1) is 0 Å². The molecule has 1 atom stereocenters. The Hall–Kier alpha value is -1.95. The Bertz CT molecular complexity index is 756. The summed E-state index contributed by atoms with van der Waals surface area (Å²) in [6.45, 7) is 5.03. The molecule has 0 saturated carbocycles. The molecule has 0 aliphatic carbocycles. The van der Waals surface area contributed by atoms with Crippen LogP contribution in [0.2, 0.25) is 0 Å². The van der Waals surface area contributed by atoms with Crippen molar-refractivity contribution in [3.63, 3.8) is 0 Å². The standard InChI is InChI=1S/C19H28N4O3S/c1-16-6-2-3-14-23(16)15-5-12-21-19(24)17-7-9-18(10-8-17)27(25,26)22-13-4-11-20/h7-10,16,22H,2-6,12-15H2,1H3,(H,21,24). The molecule has 27 heavy (non-hydrogen) atoms. The van der Waals surface area contributed by atoms with Crippen LogP contribution in [-0.2, 0) is 10.0 Å². The first-order valence-electron chi connectivity index (χ1n) is 9.43. The number of carbonyl (C=O) groups is 1. The van der Waals surface area contributed by atoms with E-state index in [1.165, 1.54) is 43.5 Å². The Labute approximate surface area is 161 Å². The van der Waals surface area contributed by atoms with Crippen molar-refractivity contribution >= 4 is 15.9 Å². The van der Waals surface area contributed by atoms with Crippen LogP contribution in [0.25, 0.3) is 0 Å². The molecule has 0 spiro atoms. The van der Waals surface area contributed by atoms with Crippen molar-refractivity contribution in [3.05, 3.63) is 29.8 Å². The molecule has 1 heterocycles. The Morgan fingerprint density at radius 2 is 2.00 bits per heavy atom. The average Bonchev–Trinajstić information content (AvgIpc) is 2.66. The van der Waals surface area contributed by atoms with Crippen LogP contribution in [0.1, 0.15) is 49.4 Å². The van der Waals surface area contributed by atoms with Crippen molar-refractivity contribution in [1.29, 1.82) is 5.26 Å². The first kappa shape index (κ1) is 21.4. The summed E-state index contributed by atoms with van der Waals surface area (Å²) in [6, 6.07) is 8.30. The van der Waals surface area contributed by atoms with Crippen molar-refractivity contribution < 1.29 is 13.2 Å². The normalized spacial score (nSPS) is 18.0. The zero-order valence-electron chi connectivity index (χ0n) is 15.8. The molecule has 2 N–H and O–H groups in total. The second kappa shape index (κ2) is 10.4. The van der Waals surface area contributed by atoms with Gasteiger partial charge in [-0.3, -0.25) is 4.79 Å². The number of amides is 1. The first-order valence-corrected chi connectivity index (χ1v) is 10.9. The largest absolute Gasteiger partial charge is 0.352 e. The molecule has 2 rings (SSSR count). The Morgan fingerprint density at radius 3 is 2.67 bits per heavy atom. The molecule has 0 radical (unpaired) electrons. The maximum absolute atomic E-state index is 12.2. The number of nitriles is 1. The highest BCUT2D eigenvalue weighted by Crippen LogP contribution is 2.16. The molecule has 1 aromatic carbocycles. The predicted molar refractivity (Wildman–Crippen MR) is 104 cm³/mol. The zero-order chi connectivity index (χ0) is 19.7. The van der Waals surface area contributed by atoms with Crippen LogP contribution >= 0.6 is 0 Å². The van der Waals surface area contributed by atoms with E-state index in [-0.39, 0.29) is 23.8 Å². The van der Waals surface area contributed by atoms with E-state index in [1.54, 1.807) is 0 Å². The fourth-order valence-electron chi connectivity index (χ4n) is 3.19. The van der Waals surface area contributed by atoms with E-state index in [4.69, 9.17) is 5.26 Å². The molecule has 0 aromatic heterocycles. The molecular formula is C19H28N4O3S. The van der Waals surface area contributed by atoms with E-state index in [0.717, 1.165) is 19.5 Å². The van der Waals surface area contributed by atoms with Crippen LogP contribution in [0, 0.1) is 11.3 Å². The minimum absolute atomic E-state index is 0.0662. The highest BCUT2D eigenvalue weighted by molar-refractivity contribution is 7.89. The monoisotopic (exact) mass is 392 g/mol. The van der Waals surface area contributed by atoms with E-state index < -0.39 is 10.0 Å². The molecular weight excluding hydrogens is 364 g/mol. The van der Waals surface area contributed by atoms with Crippen LogP contribution in [0.15, 0.2) is 29.2 Å². The van der Waals surface area contributed by atoms with E-state index >= 15 is 0 Å². The summed E-state index contributed by atoms with van der Waals surface area (Å²) < 4.78 is 26.4. The molecule has 1 amide bonds. The second-order valence-corrected chi connectivity index (χ2v) is 8.59. The van der Waals surface area contributed by atoms with Crippen molar-refractivity contribution in [2.24, 2.45) is 0 Å². The maximum Gasteiger partial charge on any atom is 0.251 e. The molecule has 1 unspecified atom stereocenters. The van der Waals surface area contributed by atoms with Crippen molar-refractivity contribution in [2.45, 2.75) is 50.0 Å². The summed E-state index contributed by atoms with van der Waals surface area (Å²) in [6.07, 6.45) is 4.79. The van der Waals surface area contributed by atoms with Gasteiger partial charge < -0.3 is 10.2 Å². The van der Waals surface area contributed by atoms with Gasteiger partial charge in [-0.2, -0.15) is 5.26 Å². The number of sulfonamides is 1. The molecule has 1 aromatic rings. The number of benzene rings is 1. The third-order valence-electron chi connectivity index (χ3n) is 4.80. The van der Waals surface area contributed by atoms with Gasteiger partial charge in [0.1, 0.15) is 0 Å². The Balaban J connectivity index is 1.78. The van der Waals surface area contributed by atoms with Gasteiger partial charge in [0.2, 0.25) is 10.0 Å². The number of likely N-dealkylation sites (tertiary alicyclic amines) is 1.